The quantitative estimate of drug-likeness (QED) is 0.107. The van der Waals surface area contributed by atoms with Gasteiger partial charge in [-0.3, -0.25) is 10.1 Å². The highest BCUT2D eigenvalue weighted by atomic mass is 16.6. The van der Waals surface area contributed by atoms with Gasteiger partial charge >= 0.3 is 0 Å². The molecule has 7 N–H and O–H groups in total. The van der Waals surface area contributed by atoms with Crippen molar-refractivity contribution in [2.45, 2.75) is 62.1 Å². The molecule has 0 unspecified atom stereocenters. The van der Waals surface area contributed by atoms with Crippen molar-refractivity contribution in [1.29, 1.82) is 0 Å². The van der Waals surface area contributed by atoms with Crippen LogP contribution in [-0.2, 0) is 0 Å². The number of aromatic nitrogens is 4. The van der Waals surface area contributed by atoms with Crippen LogP contribution in [0.3, 0.4) is 0 Å². The second kappa shape index (κ2) is 11.6. The molecule has 14 heteroatoms. The fourth-order valence-corrected chi connectivity index (χ4v) is 4.07. The molecule has 3 rings (SSSR count). The average Bonchev–Trinajstić information content (AvgIpc) is 3.37. The van der Waals surface area contributed by atoms with Crippen molar-refractivity contribution >= 4 is 11.4 Å². The topological polar surface area (TPSA) is 212 Å². The van der Waals surface area contributed by atoms with Gasteiger partial charge in [0, 0.05) is 18.7 Å². The van der Waals surface area contributed by atoms with Gasteiger partial charge in [-0.15, -0.1) is 5.10 Å². The lowest BCUT2D eigenvalue weighted by Gasteiger charge is -2.45. The van der Waals surface area contributed by atoms with Gasteiger partial charge < -0.3 is 36.2 Å². The highest BCUT2D eigenvalue weighted by molar-refractivity contribution is 5.65. The van der Waals surface area contributed by atoms with Crippen LogP contribution in [0.1, 0.15) is 32.1 Å². The van der Waals surface area contributed by atoms with Gasteiger partial charge in [-0.2, -0.15) is 0 Å². The number of anilines is 1. The molecule has 0 radical (unpaired) electrons. The SMILES string of the molecule is O=[N+]([O-])c1cc(-n2cnnn2)ccc1NCCCCCCN[C@H]1C[C@](O)(CO)[C@@H](O)[C@H](O)[C@H]1O. The molecule has 1 aliphatic rings. The minimum atomic E-state index is -1.87. The molecular formula is C20H31N7O7. The van der Waals surface area contributed by atoms with Crippen LogP contribution in [0.5, 0.6) is 0 Å². The van der Waals surface area contributed by atoms with Crippen molar-refractivity contribution in [2.75, 3.05) is 25.0 Å². The van der Waals surface area contributed by atoms with Crippen molar-refractivity contribution < 1.29 is 30.5 Å². The summed E-state index contributed by atoms with van der Waals surface area (Å²) >= 11 is 0. The van der Waals surface area contributed by atoms with Crippen LogP contribution in [0.25, 0.3) is 5.69 Å². The fraction of sp³-hybridized carbons (Fsp3) is 0.650. The first-order valence-electron chi connectivity index (χ1n) is 11.1. The molecule has 1 aromatic carbocycles. The van der Waals surface area contributed by atoms with Gasteiger partial charge in [0.25, 0.3) is 5.69 Å². The number of aliphatic hydroxyl groups excluding tert-OH is 4. The predicted molar refractivity (Wildman–Crippen MR) is 119 cm³/mol. The Morgan fingerprint density at radius 2 is 1.88 bits per heavy atom. The molecule has 14 nitrogen and oxygen atoms in total. The van der Waals surface area contributed by atoms with E-state index >= 15 is 0 Å². The van der Waals surface area contributed by atoms with Gasteiger partial charge in [0.15, 0.2) is 0 Å². The largest absolute Gasteiger partial charge is 0.393 e. The van der Waals surface area contributed by atoms with E-state index in [1.807, 2.05) is 0 Å². The first-order valence-corrected chi connectivity index (χ1v) is 11.1. The molecule has 2 aromatic rings. The lowest BCUT2D eigenvalue weighted by molar-refractivity contribution is -0.383. The average molecular weight is 482 g/mol. The van der Waals surface area contributed by atoms with E-state index in [1.54, 1.807) is 12.1 Å². The van der Waals surface area contributed by atoms with Crippen LogP contribution in [0.2, 0.25) is 0 Å². The van der Waals surface area contributed by atoms with E-state index in [1.165, 1.54) is 17.1 Å². The summed E-state index contributed by atoms with van der Waals surface area (Å²) in [6, 6.07) is 4.05. The van der Waals surface area contributed by atoms with E-state index in [-0.39, 0.29) is 12.1 Å². The molecule has 188 valence electrons. The number of rotatable bonds is 12. The number of aliphatic hydroxyl groups is 5. The standard InChI is InChI=1S/C20H31N7O7/c28-11-20(32)10-15(17(29)18(30)19(20)31)22-8-4-2-1-3-7-21-14-6-5-13(9-16(14)27(33)34)26-12-23-24-25-26/h5-6,9,12,15,17-19,21-22,28-32H,1-4,7-8,10-11H2/t15-,17-,18+,19-,20-/m0/s1. The number of nitro groups is 1. The summed E-state index contributed by atoms with van der Waals surface area (Å²) < 4.78 is 1.34. The summed E-state index contributed by atoms with van der Waals surface area (Å²) in [6.45, 7) is 0.346. The van der Waals surface area contributed by atoms with E-state index in [2.05, 4.69) is 26.2 Å². The second-order valence-corrected chi connectivity index (χ2v) is 8.51. The zero-order chi connectivity index (χ0) is 24.7. The summed E-state index contributed by atoms with van der Waals surface area (Å²) in [5, 5.41) is 77.8. The van der Waals surface area contributed by atoms with Crippen LogP contribution in [0.15, 0.2) is 24.5 Å². The smallest absolute Gasteiger partial charge is 0.294 e. The number of hydrogen-bond donors (Lipinski definition) is 7. The first-order chi connectivity index (χ1) is 16.3. The number of benzene rings is 1. The summed E-state index contributed by atoms with van der Waals surface area (Å²) in [5.74, 6) is 0. The van der Waals surface area contributed by atoms with Crippen LogP contribution >= 0.6 is 0 Å². The van der Waals surface area contributed by atoms with Gasteiger partial charge in [0.05, 0.1) is 23.3 Å². The van der Waals surface area contributed by atoms with Crippen LogP contribution in [0, 0.1) is 10.1 Å². The maximum Gasteiger partial charge on any atom is 0.294 e. The Balaban J connectivity index is 1.37. The Morgan fingerprint density at radius 3 is 2.53 bits per heavy atom. The van der Waals surface area contributed by atoms with E-state index in [4.69, 9.17) is 0 Å². The lowest BCUT2D eigenvalue weighted by atomic mass is 9.76. The molecule has 1 aromatic heterocycles. The molecule has 34 heavy (non-hydrogen) atoms. The molecule has 5 atom stereocenters. The number of nitrogens with one attached hydrogen (secondary N) is 2. The molecule has 0 spiro atoms. The van der Waals surface area contributed by atoms with Gasteiger partial charge in [-0.25, -0.2) is 4.68 Å². The number of hydrogen-bond acceptors (Lipinski definition) is 12. The molecule has 1 fully saturated rings. The maximum atomic E-state index is 11.4. The summed E-state index contributed by atoms with van der Waals surface area (Å²) in [4.78, 5) is 11.0. The Hall–Kier alpha value is -2.75. The predicted octanol–water partition coefficient (Wildman–Crippen LogP) is -1.29. The summed E-state index contributed by atoms with van der Waals surface area (Å²) in [5.41, 5.74) is -1.04. The lowest BCUT2D eigenvalue weighted by Crippen LogP contribution is -2.66. The molecule has 1 saturated carbocycles. The van der Waals surface area contributed by atoms with Gasteiger partial charge in [-0.1, -0.05) is 12.8 Å². The Morgan fingerprint density at radius 1 is 1.15 bits per heavy atom. The zero-order valence-electron chi connectivity index (χ0n) is 18.6. The van der Waals surface area contributed by atoms with E-state index in [9.17, 15) is 35.6 Å². The third-order valence-corrected chi connectivity index (χ3v) is 6.10. The fourth-order valence-electron chi connectivity index (χ4n) is 4.07. The van der Waals surface area contributed by atoms with E-state index < -0.39 is 41.5 Å². The first kappa shape index (κ1) is 25.9. The third kappa shape index (κ3) is 6.02. The van der Waals surface area contributed by atoms with E-state index in [0.717, 1.165) is 25.7 Å². The molecule has 0 aliphatic heterocycles. The minimum absolute atomic E-state index is 0.0709. The number of unbranched alkanes of at least 4 members (excludes halogenated alkanes) is 3. The molecule has 1 aliphatic carbocycles. The minimum Gasteiger partial charge on any atom is -0.393 e. The van der Waals surface area contributed by atoms with Gasteiger partial charge in [-0.05, 0) is 48.4 Å². The van der Waals surface area contributed by atoms with Gasteiger partial charge in [0.2, 0.25) is 0 Å². The highest BCUT2D eigenvalue weighted by Gasteiger charge is 2.50. The summed E-state index contributed by atoms with van der Waals surface area (Å²) in [6.07, 6.45) is 0.103. The van der Waals surface area contributed by atoms with Crippen LogP contribution < -0.4 is 10.6 Å². The van der Waals surface area contributed by atoms with E-state index in [0.29, 0.717) is 24.5 Å². The maximum absolute atomic E-state index is 11.4. The number of nitro benzene ring substituents is 1. The second-order valence-electron chi connectivity index (χ2n) is 8.51. The van der Waals surface area contributed by atoms with Crippen LogP contribution in [0.4, 0.5) is 11.4 Å². The van der Waals surface area contributed by atoms with Crippen molar-refractivity contribution in [3.05, 3.63) is 34.6 Å². The Kier molecular flexibility index (Phi) is 8.82. The zero-order valence-corrected chi connectivity index (χ0v) is 18.6. The van der Waals surface area contributed by atoms with Crippen molar-refractivity contribution in [3.63, 3.8) is 0 Å². The third-order valence-electron chi connectivity index (χ3n) is 6.10. The van der Waals surface area contributed by atoms with Crippen molar-refractivity contribution in [3.8, 4) is 5.69 Å². The van der Waals surface area contributed by atoms with Gasteiger partial charge in [0.1, 0.15) is 29.8 Å². The van der Waals surface area contributed by atoms with Crippen LogP contribution in [-0.4, -0.2) is 100 Å². The monoisotopic (exact) mass is 481 g/mol. The molecule has 0 amide bonds. The van der Waals surface area contributed by atoms with Crippen molar-refractivity contribution in [2.24, 2.45) is 0 Å². The molecule has 0 bridgehead atoms. The van der Waals surface area contributed by atoms with Crippen molar-refractivity contribution in [1.82, 2.24) is 25.5 Å². The number of tetrazole rings is 1. The normalized spacial score (nSPS) is 27.0. The highest BCUT2D eigenvalue weighted by Crippen LogP contribution is 2.30. The molecular weight excluding hydrogens is 450 g/mol. The number of nitrogens with zero attached hydrogens (tertiary/aromatic N) is 5. The summed E-state index contributed by atoms with van der Waals surface area (Å²) in [7, 11) is 0. The molecule has 0 saturated heterocycles. The Labute approximate surface area is 195 Å². The molecule has 1 heterocycles. The Bertz CT molecular complexity index is 932.